The van der Waals surface area contributed by atoms with E-state index in [-0.39, 0.29) is 30.8 Å². The number of ether oxygens (including phenoxy) is 1. The Labute approximate surface area is 107 Å². The van der Waals surface area contributed by atoms with Crippen LogP contribution >= 0.6 is 0 Å². The molecule has 18 heavy (non-hydrogen) atoms. The summed E-state index contributed by atoms with van der Waals surface area (Å²) in [4.78, 5) is 24.2. The third-order valence-corrected chi connectivity index (χ3v) is 2.74. The van der Waals surface area contributed by atoms with Crippen molar-refractivity contribution in [1.82, 2.24) is 4.90 Å². The number of hydrogen-bond donors (Lipinski definition) is 0. The first-order valence-corrected chi connectivity index (χ1v) is 6.09. The van der Waals surface area contributed by atoms with Crippen LogP contribution in [0.5, 0.6) is 5.75 Å². The third kappa shape index (κ3) is 3.09. The van der Waals surface area contributed by atoms with Crippen LogP contribution in [-0.2, 0) is 16.1 Å². The Bertz CT molecular complexity index is 451. The molecule has 1 aromatic carbocycles. The van der Waals surface area contributed by atoms with Gasteiger partial charge in [0.2, 0.25) is 5.91 Å². The minimum Gasteiger partial charge on any atom is -0.491 e. The molecule has 0 aromatic heterocycles. The van der Waals surface area contributed by atoms with Crippen molar-refractivity contribution in [3.8, 4) is 5.75 Å². The van der Waals surface area contributed by atoms with E-state index in [2.05, 4.69) is 0 Å². The molecule has 1 aromatic rings. The van der Waals surface area contributed by atoms with Crippen molar-refractivity contribution in [2.45, 2.75) is 32.9 Å². The van der Waals surface area contributed by atoms with E-state index in [1.807, 2.05) is 38.1 Å². The predicted octanol–water partition coefficient (Wildman–Crippen LogP) is 1.78. The zero-order valence-corrected chi connectivity index (χ0v) is 10.7. The highest BCUT2D eigenvalue weighted by atomic mass is 16.5. The maximum Gasteiger partial charge on any atom is 0.230 e. The standard InChI is InChI=1S/C14H17NO3/c1-10(2)18-13-5-3-11(4-6-13)8-15-9-12(16)7-14(15)17/h3-6,10H,7-9H2,1-2H3. The van der Waals surface area contributed by atoms with Crippen LogP contribution in [-0.4, -0.2) is 29.2 Å². The number of benzene rings is 1. The van der Waals surface area contributed by atoms with Crippen LogP contribution in [0.1, 0.15) is 25.8 Å². The fourth-order valence-corrected chi connectivity index (χ4v) is 1.95. The highest BCUT2D eigenvalue weighted by Crippen LogP contribution is 2.17. The second-order valence-electron chi connectivity index (χ2n) is 4.78. The minimum atomic E-state index is -0.0810. The molecule has 2 rings (SSSR count). The summed E-state index contributed by atoms with van der Waals surface area (Å²) >= 11 is 0. The van der Waals surface area contributed by atoms with Crippen molar-refractivity contribution in [3.63, 3.8) is 0 Å². The Kier molecular flexibility index (Phi) is 3.65. The molecular formula is C14H17NO3. The van der Waals surface area contributed by atoms with E-state index < -0.39 is 0 Å². The Morgan fingerprint density at radius 1 is 1.22 bits per heavy atom. The smallest absolute Gasteiger partial charge is 0.230 e. The third-order valence-electron chi connectivity index (χ3n) is 2.74. The molecule has 4 nitrogen and oxygen atoms in total. The molecule has 0 radical (unpaired) electrons. The molecular weight excluding hydrogens is 230 g/mol. The van der Waals surface area contributed by atoms with Crippen molar-refractivity contribution in [2.24, 2.45) is 0 Å². The normalized spacial score (nSPS) is 15.6. The number of ketones is 1. The van der Waals surface area contributed by atoms with Crippen molar-refractivity contribution in [1.29, 1.82) is 0 Å². The average Bonchev–Trinajstić information content (AvgIpc) is 2.59. The molecule has 1 heterocycles. The van der Waals surface area contributed by atoms with Crippen LogP contribution in [0.15, 0.2) is 24.3 Å². The largest absolute Gasteiger partial charge is 0.491 e. The molecule has 1 saturated heterocycles. The number of carbonyl (C=O) groups is 2. The zero-order valence-electron chi connectivity index (χ0n) is 10.7. The summed E-state index contributed by atoms with van der Waals surface area (Å²) in [5.74, 6) is 0.736. The Morgan fingerprint density at radius 2 is 1.89 bits per heavy atom. The second-order valence-corrected chi connectivity index (χ2v) is 4.78. The number of rotatable bonds is 4. The van der Waals surface area contributed by atoms with Gasteiger partial charge in [0.15, 0.2) is 5.78 Å². The molecule has 1 aliphatic rings. The quantitative estimate of drug-likeness (QED) is 0.762. The van der Waals surface area contributed by atoms with Gasteiger partial charge in [-0.25, -0.2) is 0 Å². The SMILES string of the molecule is CC(C)Oc1ccc(CN2CC(=O)CC2=O)cc1. The molecule has 4 heteroatoms. The molecule has 0 bridgehead atoms. The lowest BCUT2D eigenvalue weighted by Crippen LogP contribution is -2.24. The van der Waals surface area contributed by atoms with Crippen LogP contribution < -0.4 is 4.74 Å². The molecule has 1 aliphatic heterocycles. The maximum atomic E-state index is 11.5. The minimum absolute atomic E-state index is 0.000221. The molecule has 96 valence electrons. The van der Waals surface area contributed by atoms with Crippen molar-refractivity contribution in [3.05, 3.63) is 29.8 Å². The van der Waals surface area contributed by atoms with Gasteiger partial charge in [0.1, 0.15) is 5.75 Å². The fraction of sp³-hybridized carbons (Fsp3) is 0.429. The number of amides is 1. The van der Waals surface area contributed by atoms with Gasteiger partial charge in [0.25, 0.3) is 0 Å². The van der Waals surface area contributed by atoms with E-state index >= 15 is 0 Å². The summed E-state index contributed by atoms with van der Waals surface area (Å²) in [6, 6.07) is 7.62. The van der Waals surface area contributed by atoms with Gasteiger partial charge < -0.3 is 9.64 Å². The topological polar surface area (TPSA) is 46.6 Å². The van der Waals surface area contributed by atoms with E-state index in [1.54, 1.807) is 4.90 Å². The Hall–Kier alpha value is -1.84. The fourth-order valence-electron chi connectivity index (χ4n) is 1.95. The van der Waals surface area contributed by atoms with Crippen LogP contribution in [0, 0.1) is 0 Å². The van der Waals surface area contributed by atoms with Gasteiger partial charge >= 0.3 is 0 Å². The van der Waals surface area contributed by atoms with E-state index in [0.717, 1.165) is 11.3 Å². The van der Waals surface area contributed by atoms with E-state index in [1.165, 1.54) is 0 Å². The summed E-state index contributed by atoms with van der Waals surface area (Å²) in [6.07, 6.45) is 0.197. The first-order chi connectivity index (χ1) is 8.54. The summed E-state index contributed by atoms with van der Waals surface area (Å²) in [6.45, 7) is 4.68. The Morgan fingerprint density at radius 3 is 2.39 bits per heavy atom. The van der Waals surface area contributed by atoms with Gasteiger partial charge in [-0.3, -0.25) is 9.59 Å². The summed E-state index contributed by atoms with van der Waals surface area (Å²) in [5.41, 5.74) is 1.01. The molecule has 0 N–H and O–H groups in total. The lowest BCUT2D eigenvalue weighted by atomic mass is 10.2. The first-order valence-electron chi connectivity index (χ1n) is 6.09. The summed E-state index contributed by atoms with van der Waals surface area (Å²) in [5, 5.41) is 0. The highest BCUT2D eigenvalue weighted by molar-refractivity contribution is 6.05. The zero-order chi connectivity index (χ0) is 13.1. The molecule has 0 unspecified atom stereocenters. The second kappa shape index (κ2) is 5.21. The summed E-state index contributed by atoms with van der Waals surface area (Å²) in [7, 11) is 0. The lowest BCUT2D eigenvalue weighted by molar-refractivity contribution is -0.128. The van der Waals surface area contributed by atoms with E-state index in [0.29, 0.717) is 6.54 Å². The van der Waals surface area contributed by atoms with Gasteiger partial charge in [-0.05, 0) is 31.5 Å². The molecule has 1 fully saturated rings. The van der Waals surface area contributed by atoms with Crippen LogP contribution in [0.25, 0.3) is 0 Å². The highest BCUT2D eigenvalue weighted by Gasteiger charge is 2.26. The monoisotopic (exact) mass is 247 g/mol. The van der Waals surface area contributed by atoms with E-state index in [4.69, 9.17) is 4.74 Å². The van der Waals surface area contributed by atoms with Gasteiger partial charge in [0.05, 0.1) is 19.1 Å². The molecule has 0 spiro atoms. The van der Waals surface area contributed by atoms with E-state index in [9.17, 15) is 9.59 Å². The number of Topliss-reactive ketones (excluding diaryl/α,β-unsaturated/α-hetero) is 1. The molecule has 0 aliphatic carbocycles. The number of carbonyl (C=O) groups excluding carboxylic acids is 2. The van der Waals surface area contributed by atoms with Crippen molar-refractivity contribution in [2.75, 3.05) is 6.54 Å². The Balaban J connectivity index is 1.98. The van der Waals surface area contributed by atoms with Crippen molar-refractivity contribution < 1.29 is 14.3 Å². The van der Waals surface area contributed by atoms with Crippen LogP contribution in [0.4, 0.5) is 0 Å². The van der Waals surface area contributed by atoms with Gasteiger partial charge in [-0.15, -0.1) is 0 Å². The van der Waals surface area contributed by atoms with Crippen LogP contribution in [0.2, 0.25) is 0 Å². The summed E-state index contributed by atoms with van der Waals surface area (Å²) < 4.78 is 5.54. The number of likely N-dealkylation sites (tertiary alicyclic amines) is 1. The van der Waals surface area contributed by atoms with Gasteiger partial charge in [-0.2, -0.15) is 0 Å². The van der Waals surface area contributed by atoms with Gasteiger partial charge in [0, 0.05) is 6.54 Å². The first kappa shape index (κ1) is 12.6. The molecule has 0 saturated carbocycles. The van der Waals surface area contributed by atoms with Crippen molar-refractivity contribution >= 4 is 11.7 Å². The average molecular weight is 247 g/mol. The maximum absolute atomic E-state index is 11.5. The number of nitrogens with zero attached hydrogens (tertiary/aromatic N) is 1. The van der Waals surface area contributed by atoms with Gasteiger partial charge in [-0.1, -0.05) is 12.1 Å². The van der Waals surface area contributed by atoms with Crippen LogP contribution in [0.3, 0.4) is 0 Å². The molecule has 1 amide bonds. The predicted molar refractivity (Wildman–Crippen MR) is 67.2 cm³/mol. The number of hydrogen-bond acceptors (Lipinski definition) is 3. The lowest BCUT2D eigenvalue weighted by Gasteiger charge is -2.15. The molecule has 0 atom stereocenters.